The number of carbonyl (C=O) groups is 2. The number of ether oxygens (including phenoxy) is 2. The van der Waals surface area contributed by atoms with Crippen molar-refractivity contribution < 1.29 is 19.1 Å². The summed E-state index contributed by atoms with van der Waals surface area (Å²) in [5, 5.41) is 0. The Balaban J connectivity index is 1.98. The number of allylic oxidation sites excluding steroid dienone is 1. The van der Waals surface area contributed by atoms with E-state index in [9.17, 15) is 9.59 Å². The van der Waals surface area contributed by atoms with Gasteiger partial charge in [-0.1, -0.05) is 28.1 Å². The lowest BCUT2D eigenvalue weighted by Crippen LogP contribution is -2.33. The Kier molecular flexibility index (Phi) is 5.39. The summed E-state index contributed by atoms with van der Waals surface area (Å²) in [4.78, 5) is 26.9. The topological polar surface area (TPSA) is 55.8 Å². The molecule has 6 heteroatoms. The highest BCUT2D eigenvalue weighted by Crippen LogP contribution is 2.33. The highest BCUT2D eigenvalue weighted by molar-refractivity contribution is 9.10. The molecule has 132 valence electrons. The average molecular weight is 406 g/mol. The van der Waals surface area contributed by atoms with E-state index in [4.69, 9.17) is 9.47 Å². The van der Waals surface area contributed by atoms with Crippen LogP contribution in [0.15, 0.2) is 45.6 Å². The van der Waals surface area contributed by atoms with Crippen LogP contribution < -0.4 is 0 Å². The van der Waals surface area contributed by atoms with Crippen molar-refractivity contribution in [2.45, 2.75) is 25.9 Å². The molecule has 0 aromatic heterocycles. The molecule has 1 saturated heterocycles. The zero-order chi connectivity index (χ0) is 18.0. The van der Waals surface area contributed by atoms with Gasteiger partial charge in [0.2, 0.25) is 0 Å². The van der Waals surface area contributed by atoms with E-state index in [0.717, 1.165) is 29.5 Å². The zero-order valence-electron chi connectivity index (χ0n) is 14.3. The van der Waals surface area contributed by atoms with Crippen molar-refractivity contribution in [3.63, 3.8) is 0 Å². The minimum atomic E-state index is -0.498. The lowest BCUT2D eigenvalue weighted by atomic mass is 10.0. The summed E-state index contributed by atoms with van der Waals surface area (Å²) in [6.07, 6.45) is 3.68. The van der Waals surface area contributed by atoms with Gasteiger partial charge in [0.1, 0.15) is 0 Å². The minimum absolute atomic E-state index is 0.0167. The molecular weight excluding hydrogens is 386 g/mol. The molecule has 2 aliphatic heterocycles. The summed E-state index contributed by atoms with van der Waals surface area (Å²) >= 11 is 3.42. The standard InChI is InChI=1S/C19H20BrNO4/c1-12-17(19(23)24-2)16(10-13-5-3-6-14(20)9-13)18(22)21(12)11-15-7-4-8-25-15/h3,5-6,9-10,15H,4,7-8,11H2,1-2H3/b16-10-. The van der Waals surface area contributed by atoms with Crippen LogP contribution in [-0.2, 0) is 19.1 Å². The van der Waals surface area contributed by atoms with E-state index in [1.165, 1.54) is 7.11 Å². The first-order valence-electron chi connectivity index (χ1n) is 8.21. The Hall–Kier alpha value is -1.92. The van der Waals surface area contributed by atoms with Crippen LogP contribution in [0.1, 0.15) is 25.3 Å². The number of halogens is 1. The number of benzene rings is 1. The van der Waals surface area contributed by atoms with Crippen molar-refractivity contribution in [1.29, 1.82) is 0 Å². The van der Waals surface area contributed by atoms with Crippen LogP contribution in [0, 0.1) is 0 Å². The number of esters is 1. The van der Waals surface area contributed by atoms with Gasteiger partial charge >= 0.3 is 5.97 Å². The minimum Gasteiger partial charge on any atom is -0.465 e. The van der Waals surface area contributed by atoms with E-state index in [0.29, 0.717) is 23.4 Å². The van der Waals surface area contributed by atoms with Crippen LogP contribution in [-0.4, -0.2) is 43.1 Å². The van der Waals surface area contributed by atoms with Gasteiger partial charge in [-0.15, -0.1) is 0 Å². The van der Waals surface area contributed by atoms with Gasteiger partial charge < -0.3 is 14.4 Å². The fourth-order valence-corrected chi connectivity index (χ4v) is 3.62. The molecule has 1 aromatic rings. The molecule has 1 fully saturated rings. The first-order valence-corrected chi connectivity index (χ1v) is 9.01. The second kappa shape index (κ2) is 7.54. The quantitative estimate of drug-likeness (QED) is 0.569. The highest BCUT2D eigenvalue weighted by atomic mass is 79.9. The van der Waals surface area contributed by atoms with Gasteiger partial charge in [0.05, 0.1) is 30.9 Å². The van der Waals surface area contributed by atoms with E-state index in [1.54, 1.807) is 17.9 Å². The lowest BCUT2D eigenvalue weighted by Gasteiger charge is -2.21. The highest BCUT2D eigenvalue weighted by Gasteiger charge is 2.38. The van der Waals surface area contributed by atoms with Crippen molar-refractivity contribution in [3.8, 4) is 0 Å². The number of methoxy groups -OCH3 is 1. The number of amides is 1. The van der Waals surface area contributed by atoms with Crippen LogP contribution in [0.25, 0.3) is 6.08 Å². The summed E-state index contributed by atoms with van der Waals surface area (Å²) < 4.78 is 11.5. The summed E-state index contributed by atoms with van der Waals surface area (Å²) in [5.41, 5.74) is 2.14. The monoisotopic (exact) mass is 405 g/mol. The van der Waals surface area contributed by atoms with E-state index >= 15 is 0 Å². The Bertz CT molecular complexity index is 762. The van der Waals surface area contributed by atoms with Gasteiger partial charge in [-0.05, 0) is 43.5 Å². The fourth-order valence-electron chi connectivity index (χ4n) is 3.20. The first-order chi connectivity index (χ1) is 12.0. The molecule has 0 radical (unpaired) electrons. The van der Waals surface area contributed by atoms with Gasteiger partial charge in [0.15, 0.2) is 0 Å². The maximum Gasteiger partial charge on any atom is 0.340 e. The van der Waals surface area contributed by atoms with Crippen LogP contribution >= 0.6 is 15.9 Å². The number of carbonyl (C=O) groups excluding carboxylic acids is 2. The molecule has 2 heterocycles. The number of nitrogens with zero attached hydrogens (tertiary/aromatic N) is 1. The molecule has 0 spiro atoms. The second-order valence-electron chi connectivity index (χ2n) is 6.12. The second-order valence-corrected chi connectivity index (χ2v) is 7.03. The van der Waals surface area contributed by atoms with E-state index in [1.807, 2.05) is 24.3 Å². The van der Waals surface area contributed by atoms with Crippen molar-refractivity contribution in [2.75, 3.05) is 20.3 Å². The fraction of sp³-hybridized carbons (Fsp3) is 0.368. The Morgan fingerprint density at radius 1 is 1.48 bits per heavy atom. The molecular formula is C19H20BrNO4. The molecule has 25 heavy (non-hydrogen) atoms. The molecule has 1 aromatic carbocycles. The average Bonchev–Trinajstić information content (AvgIpc) is 3.18. The molecule has 5 nitrogen and oxygen atoms in total. The molecule has 1 amide bonds. The van der Waals surface area contributed by atoms with E-state index < -0.39 is 5.97 Å². The Labute approximate surface area is 155 Å². The smallest absolute Gasteiger partial charge is 0.340 e. The first kappa shape index (κ1) is 17.9. The predicted octanol–water partition coefficient (Wildman–Crippen LogP) is 3.30. The SMILES string of the molecule is COC(=O)C1=C(C)N(CC2CCCO2)C(=O)/C1=C\c1cccc(Br)c1. The van der Waals surface area contributed by atoms with Crippen molar-refractivity contribution in [3.05, 3.63) is 51.1 Å². The molecule has 0 saturated carbocycles. The Morgan fingerprint density at radius 2 is 2.28 bits per heavy atom. The number of hydrogen-bond acceptors (Lipinski definition) is 4. The summed E-state index contributed by atoms with van der Waals surface area (Å²) in [6.45, 7) is 2.96. The van der Waals surface area contributed by atoms with Gasteiger partial charge in [0, 0.05) is 16.8 Å². The third kappa shape index (κ3) is 3.70. The van der Waals surface area contributed by atoms with Crippen LogP contribution in [0.5, 0.6) is 0 Å². The maximum atomic E-state index is 13.0. The summed E-state index contributed by atoms with van der Waals surface area (Å²) in [7, 11) is 1.33. The van der Waals surface area contributed by atoms with Crippen molar-refractivity contribution in [2.24, 2.45) is 0 Å². The molecule has 1 unspecified atom stereocenters. The van der Waals surface area contributed by atoms with E-state index in [2.05, 4.69) is 15.9 Å². The van der Waals surface area contributed by atoms with Crippen molar-refractivity contribution in [1.82, 2.24) is 4.90 Å². The van der Waals surface area contributed by atoms with E-state index in [-0.39, 0.29) is 12.0 Å². The molecule has 2 aliphatic rings. The maximum absolute atomic E-state index is 13.0. The van der Waals surface area contributed by atoms with Gasteiger partial charge in [-0.25, -0.2) is 4.79 Å². The normalized spacial score (nSPS) is 22.2. The van der Waals surface area contributed by atoms with Crippen LogP contribution in [0.2, 0.25) is 0 Å². The van der Waals surface area contributed by atoms with Crippen molar-refractivity contribution >= 4 is 33.9 Å². The van der Waals surface area contributed by atoms with Gasteiger partial charge in [0.25, 0.3) is 5.91 Å². The molecule has 3 rings (SSSR count). The molecule has 1 atom stereocenters. The summed E-state index contributed by atoms with van der Waals surface area (Å²) in [6, 6.07) is 7.57. The number of rotatable bonds is 4. The third-order valence-corrected chi connectivity index (χ3v) is 4.96. The number of hydrogen-bond donors (Lipinski definition) is 0. The largest absolute Gasteiger partial charge is 0.465 e. The van der Waals surface area contributed by atoms with Gasteiger partial charge in [-0.2, -0.15) is 0 Å². The molecule has 0 aliphatic carbocycles. The molecule has 0 bridgehead atoms. The predicted molar refractivity (Wildman–Crippen MR) is 97.5 cm³/mol. The summed E-state index contributed by atoms with van der Waals surface area (Å²) in [5.74, 6) is -0.685. The zero-order valence-corrected chi connectivity index (χ0v) is 15.8. The molecule has 0 N–H and O–H groups in total. The lowest BCUT2D eigenvalue weighted by molar-refractivity contribution is -0.136. The van der Waals surface area contributed by atoms with Gasteiger partial charge in [-0.3, -0.25) is 4.79 Å². The third-order valence-electron chi connectivity index (χ3n) is 4.47. The van der Waals surface area contributed by atoms with Crippen LogP contribution in [0.4, 0.5) is 0 Å². The van der Waals surface area contributed by atoms with Crippen LogP contribution in [0.3, 0.4) is 0 Å². The Morgan fingerprint density at radius 3 is 2.92 bits per heavy atom.